The molecule has 3 N–H and O–H groups in total. The number of H-pyrrole nitrogens is 2. The molecule has 0 saturated carbocycles. The lowest BCUT2D eigenvalue weighted by atomic mass is 10.2. The number of halogens is 3. The van der Waals surface area contributed by atoms with Crippen molar-refractivity contribution in [3.63, 3.8) is 0 Å². The quantitative estimate of drug-likeness (QED) is 0.320. The molecule has 0 aliphatic carbocycles. The van der Waals surface area contributed by atoms with E-state index in [-0.39, 0.29) is 18.1 Å². The first-order valence-corrected chi connectivity index (χ1v) is 11.4. The average Bonchev–Trinajstić information content (AvgIpc) is 3.17. The summed E-state index contributed by atoms with van der Waals surface area (Å²) in [4.78, 5) is 40.3. The molecule has 13 heteroatoms. The number of benzene rings is 2. The number of carbonyl (C=O) groups excluding carboxylic acids is 1. The molecular weight excluding hydrogens is 506 g/mol. The van der Waals surface area contributed by atoms with E-state index in [1.807, 2.05) is 0 Å². The Morgan fingerprint density at radius 2 is 1.79 bits per heavy atom. The number of aromatic amines is 2. The fraction of sp³-hybridized carbons (Fsp3) is 0.0952. The van der Waals surface area contributed by atoms with Gasteiger partial charge in [-0.2, -0.15) is 0 Å². The molecular formula is C21H15Cl2FN6O3S. The highest BCUT2D eigenvalue weighted by Gasteiger charge is 2.17. The molecule has 9 nitrogen and oxygen atoms in total. The van der Waals surface area contributed by atoms with Gasteiger partial charge >= 0.3 is 5.69 Å². The number of amides is 1. The molecule has 2 heterocycles. The summed E-state index contributed by atoms with van der Waals surface area (Å²) in [5.74, 6) is -0.383. The van der Waals surface area contributed by atoms with Crippen LogP contribution in [0.3, 0.4) is 0 Å². The van der Waals surface area contributed by atoms with Gasteiger partial charge in [-0.1, -0.05) is 35.0 Å². The van der Waals surface area contributed by atoms with Crippen LogP contribution in [-0.2, 0) is 11.2 Å². The molecule has 0 spiro atoms. The number of aromatic nitrogens is 5. The van der Waals surface area contributed by atoms with Gasteiger partial charge in [-0.05, 0) is 42.5 Å². The predicted octanol–water partition coefficient (Wildman–Crippen LogP) is 3.41. The van der Waals surface area contributed by atoms with E-state index in [9.17, 15) is 18.8 Å². The van der Waals surface area contributed by atoms with Crippen molar-refractivity contribution in [2.24, 2.45) is 0 Å². The van der Waals surface area contributed by atoms with Crippen molar-refractivity contribution in [2.45, 2.75) is 11.6 Å². The highest BCUT2D eigenvalue weighted by atomic mass is 35.5. The summed E-state index contributed by atoms with van der Waals surface area (Å²) in [5, 5.41) is 12.1. The lowest BCUT2D eigenvalue weighted by Gasteiger charge is -2.11. The molecule has 0 unspecified atom stereocenters. The minimum absolute atomic E-state index is 0.0125. The summed E-state index contributed by atoms with van der Waals surface area (Å²) in [5.41, 5.74) is 0.141. The topological polar surface area (TPSA) is 126 Å². The van der Waals surface area contributed by atoms with Crippen LogP contribution in [0.2, 0.25) is 10.0 Å². The van der Waals surface area contributed by atoms with Gasteiger partial charge in [-0.25, -0.2) is 9.18 Å². The third kappa shape index (κ3) is 5.74. The first-order chi connectivity index (χ1) is 16.3. The summed E-state index contributed by atoms with van der Waals surface area (Å²) in [6.45, 7) is 0. The SMILES string of the molecule is O=C(CSc1nnc(Cc2cc(=O)[nH]c(=O)[nH]2)n1-c1ccc(F)cc1)Nc1ccc(Cl)c(Cl)c1. The first kappa shape index (κ1) is 23.7. The molecule has 0 atom stereocenters. The van der Waals surface area contributed by atoms with E-state index in [1.165, 1.54) is 36.4 Å². The first-order valence-electron chi connectivity index (χ1n) is 9.69. The summed E-state index contributed by atoms with van der Waals surface area (Å²) >= 11 is 13.0. The average molecular weight is 521 g/mol. The fourth-order valence-electron chi connectivity index (χ4n) is 3.04. The van der Waals surface area contributed by atoms with Crippen molar-refractivity contribution in [1.82, 2.24) is 24.7 Å². The number of nitrogens with zero attached hydrogens (tertiary/aromatic N) is 3. The summed E-state index contributed by atoms with van der Waals surface area (Å²) in [6, 6.07) is 11.6. The van der Waals surface area contributed by atoms with Crippen molar-refractivity contribution < 1.29 is 9.18 Å². The minimum Gasteiger partial charge on any atom is -0.325 e. The normalized spacial score (nSPS) is 10.9. The van der Waals surface area contributed by atoms with E-state index >= 15 is 0 Å². The van der Waals surface area contributed by atoms with Gasteiger partial charge in [0.1, 0.15) is 11.6 Å². The predicted molar refractivity (Wildman–Crippen MR) is 128 cm³/mol. The van der Waals surface area contributed by atoms with Crippen LogP contribution in [0.1, 0.15) is 11.5 Å². The van der Waals surface area contributed by atoms with E-state index in [0.29, 0.717) is 38.1 Å². The minimum atomic E-state index is -0.649. The van der Waals surface area contributed by atoms with Gasteiger partial charge in [-0.3, -0.25) is 19.1 Å². The summed E-state index contributed by atoms with van der Waals surface area (Å²) in [7, 11) is 0. The molecule has 0 aliphatic rings. The molecule has 0 aliphatic heterocycles. The van der Waals surface area contributed by atoms with Crippen molar-refractivity contribution >= 4 is 46.6 Å². The number of carbonyl (C=O) groups is 1. The maximum atomic E-state index is 13.5. The largest absolute Gasteiger partial charge is 0.325 e. The number of nitrogens with one attached hydrogen (secondary N) is 3. The van der Waals surface area contributed by atoms with Crippen LogP contribution in [0, 0.1) is 5.82 Å². The Bertz CT molecular complexity index is 1440. The van der Waals surface area contributed by atoms with Gasteiger partial charge < -0.3 is 10.3 Å². The fourth-order valence-corrected chi connectivity index (χ4v) is 4.11. The van der Waals surface area contributed by atoms with Gasteiger partial charge in [0.05, 0.1) is 15.8 Å². The van der Waals surface area contributed by atoms with E-state index in [4.69, 9.17) is 23.2 Å². The van der Waals surface area contributed by atoms with Crippen LogP contribution in [0.4, 0.5) is 10.1 Å². The second-order valence-corrected chi connectivity index (χ2v) is 8.72. The van der Waals surface area contributed by atoms with Gasteiger partial charge in [0.25, 0.3) is 5.56 Å². The Balaban J connectivity index is 1.58. The summed E-state index contributed by atoms with van der Waals surface area (Å²) < 4.78 is 15.1. The Morgan fingerprint density at radius 3 is 2.50 bits per heavy atom. The molecule has 4 aromatic rings. The van der Waals surface area contributed by atoms with Crippen molar-refractivity contribution in [2.75, 3.05) is 11.1 Å². The highest BCUT2D eigenvalue weighted by Crippen LogP contribution is 2.26. The van der Waals surface area contributed by atoms with Crippen LogP contribution < -0.4 is 16.6 Å². The smallest absolute Gasteiger partial charge is 0.325 e. The monoisotopic (exact) mass is 520 g/mol. The molecule has 34 heavy (non-hydrogen) atoms. The van der Waals surface area contributed by atoms with Crippen LogP contribution >= 0.6 is 35.0 Å². The van der Waals surface area contributed by atoms with Gasteiger partial charge in [0, 0.05) is 29.6 Å². The molecule has 0 radical (unpaired) electrons. The summed E-state index contributed by atoms with van der Waals surface area (Å²) in [6.07, 6.45) is 0.0690. The molecule has 4 rings (SSSR count). The zero-order chi connectivity index (χ0) is 24.2. The van der Waals surface area contributed by atoms with Gasteiger partial charge in [0.2, 0.25) is 5.91 Å². The van der Waals surface area contributed by atoms with E-state index in [2.05, 4.69) is 25.5 Å². The number of hydrogen-bond acceptors (Lipinski definition) is 6. The molecule has 2 aromatic heterocycles. The second kappa shape index (κ2) is 10.2. The molecule has 0 fully saturated rings. The number of thioether (sulfide) groups is 1. The van der Waals surface area contributed by atoms with Crippen LogP contribution in [0.15, 0.2) is 63.3 Å². The lowest BCUT2D eigenvalue weighted by molar-refractivity contribution is -0.113. The van der Waals surface area contributed by atoms with Gasteiger partial charge in [0.15, 0.2) is 5.16 Å². The van der Waals surface area contributed by atoms with Gasteiger partial charge in [-0.15, -0.1) is 10.2 Å². The number of anilines is 1. The molecule has 174 valence electrons. The van der Waals surface area contributed by atoms with E-state index in [1.54, 1.807) is 16.7 Å². The zero-order valence-corrected chi connectivity index (χ0v) is 19.5. The Hall–Kier alpha value is -3.41. The van der Waals surface area contributed by atoms with Crippen LogP contribution in [0.5, 0.6) is 0 Å². The Labute approximate surface area is 205 Å². The third-order valence-corrected chi connectivity index (χ3v) is 6.15. The van der Waals surface area contributed by atoms with Crippen molar-refractivity contribution in [1.29, 1.82) is 0 Å². The van der Waals surface area contributed by atoms with Crippen LogP contribution in [0.25, 0.3) is 5.69 Å². The molecule has 0 bridgehead atoms. The maximum absolute atomic E-state index is 13.5. The van der Waals surface area contributed by atoms with Crippen molar-refractivity contribution in [3.05, 3.63) is 96.7 Å². The maximum Gasteiger partial charge on any atom is 0.325 e. The molecule has 1 amide bonds. The Morgan fingerprint density at radius 1 is 1.03 bits per heavy atom. The third-order valence-electron chi connectivity index (χ3n) is 4.49. The zero-order valence-electron chi connectivity index (χ0n) is 17.1. The standard InChI is InChI=1S/C21H15Cl2FN6O3S/c22-15-6-3-12(7-16(15)23)25-19(32)10-34-21-29-28-17(8-13-9-18(31)27-20(33)26-13)30(21)14-4-1-11(24)2-5-14/h1-7,9H,8,10H2,(H,25,32)(H2,26,27,31,33). The van der Waals surface area contributed by atoms with E-state index < -0.39 is 17.1 Å². The number of rotatable bonds is 7. The highest BCUT2D eigenvalue weighted by molar-refractivity contribution is 7.99. The second-order valence-electron chi connectivity index (χ2n) is 6.97. The Kier molecular flexibility index (Phi) is 7.15. The molecule has 0 saturated heterocycles. The molecule has 2 aromatic carbocycles. The van der Waals surface area contributed by atoms with E-state index in [0.717, 1.165) is 11.8 Å². The van der Waals surface area contributed by atoms with Crippen molar-refractivity contribution in [3.8, 4) is 5.69 Å². The lowest BCUT2D eigenvalue weighted by Crippen LogP contribution is -2.23. The van der Waals surface area contributed by atoms with Crippen LogP contribution in [-0.4, -0.2) is 36.4 Å². The number of hydrogen-bond donors (Lipinski definition) is 3.